The molecule has 1 unspecified atom stereocenters. The van der Waals surface area contributed by atoms with Crippen LogP contribution in [0.15, 0.2) is 24.3 Å². The highest BCUT2D eigenvalue weighted by Gasteiger charge is 2.09. The predicted octanol–water partition coefficient (Wildman–Crippen LogP) is 1.62. The normalized spacial score (nSPS) is 13.0. The van der Waals surface area contributed by atoms with Gasteiger partial charge in [0.1, 0.15) is 5.75 Å². The van der Waals surface area contributed by atoms with E-state index in [0.717, 1.165) is 18.8 Å². The highest BCUT2D eigenvalue weighted by Crippen LogP contribution is 2.18. The van der Waals surface area contributed by atoms with Gasteiger partial charge in [-0.3, -0.25) is 0 Å². The second kappa shape index (κ2) is 8.15. The van der Waals surface area contributed by atoms with Crippen molar-refractivity contribution in [2.75, 3.05) is 33.7 Å². The Morgan fingerprint density at radius 1 is 1.21 bits per heavy atom. The van der Waals surface area contributed by atoms with Crippen molar-refractivity contribution in [2.24, 2.45) is 5.73 Å². The summed E-state index contributed by atoms with van der Waals surface area (Å²) >= 11 is 0. The van der Waals surface area contributed by atoms with Crippen LogP contribution in [0.1, 0.15) is 25.5 Å². The summed E-state index contributed by atoms with van der Waals surface area (Å²) in [7, 11) is 4.13. The lowest BCUT2D eigenvalue weighted by atomic mass is 10.1. The molecule has 0 fully saturated rings. The molecular weight excluding hydrogens is 238 g/mol. The van der Waals surface area contributed by atoms with E-state index in [9.17, 15) is 0 Å². The molecule has 3 N–H and O–H groups in total. The van der Waals surface area contributed by atoms with Gasteiger partial charge in [-0.25, -0.2) is 0 Å². The summed E-state index contributed by atoms with van der Waals surface area (Å²) in [6, 6.07) is 8.38. The predicted molar refractivity (Wildman–Crippen MR) is 80.6 cm³/mol. The molecule has 0 saturated heterocycles. The molecule has 0 saturated carbocycles. The van der Waals surface area contributed by atoms with Crippen molar-refractivity contribution in [1.82, 2.24) is 10.2 Å². The Hall–Kier alpha value is -1.10. The fraction of sp³-hybridized carbons (Fsp3) is 0.600. The molecule has 4 nitrogen and oxygen atoms in total. The number of nitrogens with one attached hydrogen (secondary N) is 1. The monoisotopic (exact) mass is 265 g/mol. The largest absolute Gasteiger partial charge is 0.491 e. The molecule has 1 aromatic carbocycles. The number of nitrogens with two attached hydrogens (primary N) is 1. The van der Waals surface area contributed by atoms with Crippen LogP contribution in [0.4, 0.5) is 0 Å². The summed E-state index contributed by atoms with van der Waals surface area (Å²) in [4.78, 5) is 2.15. The molecule has 0 aromatic heterocycles. The number of ether oxygens (including phenoxy) is 1. The highest BCUT2D eigenvalue weighted by molar-refractivity contribution is 5.29. The van der Waals surface area contributed by atoms with Gasteiger partial charge >= 0.3 is 0 Å². The van der Waals surface area contributed by atoms with Gasteiger partial charge in [0.25, 0.3) is 0 Å². The second-order valence-corrected chi connectivity index (χ2v) is 5.28. The van der Waals surface area contributed by atoms with E-state index in [-0.39, 0.29) is 12.1 Å². The van der Waals surface area contributed by atoms with Gasteiger partial charge in [-0.05, 0) is 45.6 Å². The Morgan fingerprint density at radius 2 is 1.84 bits per heavy atom. The molecule has 0 radical (unpaired) electrons. The number of nitrogens with zero attached hydrogens (tertiary/aromatic N) is 1. The van der Waals surface area contributed by atoms with Crippen LogP contribution in [0.5, 0.6) is 5.75 Å². The first-order chi connectivity index (χ1) is 9.02. The first kappa shape index (κ1) is 16.0. The van der Waals surface area contributed by atoms with Gasteiger partial charge in [0.15, 0.2) is 0 Å². The molecule has 19 heavy (non-hydrogen) atoms. The topological polar surface area (TPSA) is 50.5 Å². The SMILES string of the molecule is CC(C)Oc1ccc(C(CN)NCCN(C)C)cc1. The number of likely N-dealkylation sites (N-methyl/N-ethyl adjacent to an activating group) is 1. The molecule has 0 heterocycles. The average molecular weight is 265 g/mol. The van der Waals surface area contributed by atoms with Crippen LogP contribution < -0.4 is 15.8 Å². The molecule has 0 aliphatic carbocycles. The molecule has 1 aromatic rings. The maximum Gasteiger partial charge on any atom is 0.119 e. The van der Waals surface area contributed by atoms with Gasteiger partial charge in [0, 0.05) is 25.7 Å². The molecule has 0 aliphatic heterocycles. The summed E-state index contributed by atoms with van der Waals surface area (Å²) in [6.45, 7) is 6.58. The van der Waals surface area contributed by atoms with E-state index in [1.54, 1.807) is 0 Å². The lowest BCUT2D eigenvalue weighted by Crippen LogP contribution is -2.33. The third-order valence-corrected chi connectivity index (χ3v) is 2.84. The standard InChI is InChI=1S/C15H27N3O/c1-12(2)19-14-7-5-13(6-8-14)15(11-16)17-9-10-18(3)4/h5-8,12,15,17H,9-11,16H2,1-4H3. The lowest BCUT2D eigenvalue weighted by molar-refractivity contribution is 0.242. The Labute approximate surface area is 116 Å². The van der Waals surface area contributed by atoms with Crippen LogP contribution in [0.2, 0.25) is 0 Å². The third kappa shape index (κ3) is 6.05. The molecule has 1 rings (SSSR count). The lowest BCUT2D eigenvalue weighted by Gasteiger charge is -2.19. The fourth-order valence-corrected chi connectivity index (χ4v) is 1.85. The molecule has 4 heteroatoms. The second-order valence-electron chi connectivity index (χ2n) is 5.28. The number of hydrogen-bond acceptors (Lipinski definition) is 4. The first-order valence-electron chi connectivity index (χ1n) is 6.87. The Morgan fingerprint density at radius 3 is 2.32 bits per heavy atom. The Bertz CT molecular complexity index is 349. The number of hydrogen-bond donors (Lipinski definition) is 2. The molecule has 1 atom stereocenters. The summed E-state index contributed by atoms with van der Waals surface area (Å²) < 4.78 is 5.64. The quantitative estimate of drug-likeness (QED) is 0.750. The molecule has 108 valence electrons. The minimum atomic E-state index is 0.202. The minimum absolute atomic E-state index is 0.202. The van der Waals surface area contributed by atoms with E-state index in [0.29, 0.717) is 6.54 Å². The molecule has 0 aliphatic rings. The minimum Gasteiger partial charge on any atom is -0.491 e. The molecule has 0 bridgehead atoms. The zero-order chi connectivity index (χ0) is 14.3. The molecule has 0 amide bonds. The van der Waals surface area contributed by atoms with Gasteiger partial charge in [0.2, 0.25) is 0 Å². The van der Waals surface area contributed by atoms with E-state index in [2.05, 4.69) is 36.4 Å². The van der Waals surface area contributed by atoms with E-state index in [4.69, 9.17) is 10.5 Å². The van der Waals surface area contributed by atoms with Crippen molar-refractivity contribution in [1.29, 1.82) is 0 Å². The highest BCUT2D eigenvalue weighted by atomic mass is 16.5. The van der Waals surface area contributed by atoms with Gasteiger partial charge in [0.05, 0.1) is 6.10 Å². The van der Waals surface area contributed by atoms with Crippen LogP contribution in [-0.2, 0) is 0 Å². The summed E-state index contributed by atoms with van der Waals surface area (Å²) in [5.41, 5.74) is 7.04. The van der Waals surface area contributed by atoms with Crippen LogP contribution in [-0.4, -0.2) is 44.7 Å². The summed E-state index contributed by atoms with van der Waals surface area (Å²) in [5.74, 6) is 0.905. The smallest absolute Gasteiger partial charge is 0.119 e. The summed E-state index contributed by atoms with van der Waals surface area (Å²) in [6.07, 6.45) is 0.203. The Kier molecular flexibility index (Phi) is 6.84. The van der Waals surface area contributed by atoms with Crippen molar-refractivity contribution >= 4 is 0 Å². The van der Waals surface area contributed by atoms with Gasteiger partial charge in [-0.2, -0.15) is 0 Å². The van der Waals surface area contributed by atoms with E-state index in [1.165, 1.54) is 5.56 Å². The molecule has 0 spiro atoms. The average Bonchev–Trinajstić information content (AvgIpc) is 2.35. The van der Waals surface area contributed by atoms with Crippen molar-refractivity contribution in [3.63, 3.8) is 0 Å². The first-order valence-corrected chi connectivity index (χ1v) is 6.87. The van der Waals surface area contributed by atoms with Crippen molar-refractivity contribution in [2.45, 2.75) is 26.0 Å². The zero-order valence-electron chi connectivity index (χ0n) is 12.5. The number of benzene rings is 1. The third-order valence-electron chi connectivity index (χ3n) is 2.84. The van der Waals surface area contributed by atoms with Crippen molar-refractivity contribution < 1.29 is 4.74 Å². The molecular formula is C15H27N3O. The van der Waals surface area contributed by atoms with Gasteiger partial charge < -0.3 is 20.7 Å². The van der Waals surface area contributed by atoms with Crippen molar-refractivity contribution in [3.8, 4) is 5.75 Å². The van der Waals surface area contributed by atoms with Gasteiger partial charge in [-0.1, -0.05) is 12.1 Å². The maximum atomic E-state index is 5.83. The van der Waals surface area contributed by atoms with Gasteiger partial charge in [-0.15, -0.1) is 0 Å². The van der Waals surface area contributed by atoms with E-state index in [1.807, 2.05) is 26.0 Å². The van der Waals surface area contributed by atoms with Crippen LogP contribution in [0.3, 0.4) is 0 Å². The fourth-order valence-electron chi connectivity index (χ4n) is 1.85. The van der Waals surface area contributed by atoms with E-state index < -0.39 is 0 Å². The summed E-state index contributed by atoms with van der Waals surface area (Å²) in [5, 5.41) is 3.47. The zero-order valence-corrected chi connectivity index (χ0v) is 12.5. The van der Waals surface area contributed by atoms with Crippen molar-refractivity contribution in [3.05, 3.63) is 29.8 Å². The number of rotatable bonds is 8. The van der Waals surface area contributed by atoms with Crippen LogP contribution >= 0.6 is 0 Å². The van der Waals surface area contributed by atoms with Crippen LogP contribution in [0.25, 0.3) is 0 Å². The Balaban J connectivity index is 2.55. The maximum absolute atomic E-state index is 5.83. The van der Waals surface area contributed by atoms with E-state index >= 15 is 0 Å². The van der Waals surface area contributed by atoms with Crippen LogP contribution in [0, 0.1) is 0 Å².